The molecule has 14 rings (SSSR count). The van der Waals surface area contributed by atoms with Crippen molar-refractivity contribution in [2.75, 3.05) is 0 Å². The van der Waals surface area contributed by atoms with E-state index in [0.29, 0.717) is 5.82 Å². The molecule has 1 spiro atoms. The molecule has 3 aromatic heterocycles. The SMILES string of the molecule is c1ccc(-c2nc(-c3ccc(-c4nc5ccccc5c5cc6c(cc45)Oc4ccccc4C64c5ccccc5-c5ccccc54)cc3)cc(-c3cccc4oc5ccccc5c34)n2)cc1. The predicted octanol–water partition coefficient (Wildman–Crippen LogP) is 15.2. The third-order valence-corrected chi connectivity index (χ3v) is 13.6. The summed E-state index contributed by atoms with van der Waals surface area (Å²) in [4.78, 5) is 15.8. The van der Waals surface area contributed by atoms with E-state index in [1.165, 1.54) is 22.3 Å². The van der Waals surface area contributed by atoms with Crippen LogP contribution in [-0.2, 0) is 5.41 Å². The first kappa shape index (κ1) is 35.9. The number of aromatic nitrogens is 3. The molecule has 302 valence electrons. The number of fused-ring (bicyclic) bond motifs is 15. The lowest BCUT2D eigenvalue weighted by Crippen LogP contribution is -2.32. The van der Waals surface area contributed by atoms with Crippen LogP contribution in [0.1, 0.15) is 22.3 Å². The third-order valence-electron chi connectivity index (χ3n) is 13.6. The van der Waals surface area contributed by atoms with Gasteiger partial charge in [0.15, 0.2) is 5.82 Å². The van der Waals surface area contributed by atoms with Crippen molar-refractivity contribution in [3.05, 3.63) is 235 Å². The summed E-state index contributed by atoms with van der Waals surface area (Å²) in [5.74, 6) is 2.35. The van der Waals surface area contributed by atoms with Crippen LogP contribution >= 0.6 is 0 Å². The standard InChI is InChI=1S/C60H35N3O2/c1-2-15-38(16-3-1)59-62-51(35-52(63-59)42-21-14-28-55-57(42)43-20-7-12-26-53(43)64-55)36-29-31-37(32-30-36)58-45-34-56-49(33-44(45)41-19-6-11-25-50(41)61-58)60(48-24-10-13-27-54(48)65-56)46-22-8-4-17-39(46)40-18-5-9-23-47(40)60/h1-35H. The lowest BCUT2D eigenvalue weighted by molar-refractivity contribution is 0.437. The maximum Gasteiger partial charge on any atom is 0.160 e. The quantitative estimate of drug-likeness (QED) is 0.165. The normalized spacial score (nSPS) is 13.2. The molecule has 4 heterocycles. The van der Waals surface area contributed by atoms with Gasteiger partial charge in [0.25, 0.3) is 0 Å². The molecule has 0 fully saturated rings. The van der Waals surface area contributed by atoms with Crippen molar-refractivity contribution < 1.29 is 9.15 Å². The van der Waals surface area contributed by atoms with Gasteiger partial charge in [-0.15, -0.1) is 0 Å². The number of pyridine rings is 1. The number of ether oxygens (including phenoxy) is 1. The van der Waals surface area contributed by atoms with E-state index in [1.807, 2.05) is 42.5 Å². The van der Waals surface area contributed by atoms with E-state index in [9.17, 15) is 0 Å². The monoisotopic (exact) mass is 829 g/mol. The zero-order chi connectivity index (χ0) is 42.6. The molecule has 9 aromatic carbocycles. The largest absolute Gasteiger partial charge is 0.457 e. The van der Waals surface area contributed by atoms with E-state index >= 15 is 0 Å². The minimum Gasteiger partial charge on any atom is -0.457 e. The van der Waals surface area contributed by atoms with Gasteiger partial charge < -0.3 is 9.15 Å². The summed E-state index contributed by atoms with van der Waals surface area (Å²) in [6.07, 6.45) is 0. The fraction of sp³-hybridized carbons (Fsp3) is 0.0167. The van der Waals surface area contributed by atoms with Crippen LogP contribution in [0.2, 0.25) is 0 Å². The van der Waals surface area contributed by atoms with Crippen LogP contribution in [0.5, 0.6) is 11.5 Å². The van der Waals surface area contributed by atoms with Crippen LogP contribution in [-0.4, -0.2) is 15.0 Å². The molecule has 0 unspecified atom stereocenters. The second kappa shape index (κ2) is 13.7. The number of para-hydroxylation sites is 3. The van der Waals surface area contributed by atoms with Gasteiger partial charge in [0, 0.05) is 54.9 Å². The van der Waals surface area contributed by atoms with Crippen molar-refractivity contribution in [3.63, 3.8) is 0 Å². The van der Waals surface area contributed by atoms with E-state index < -0.39 is 5.41 Å². The number of rotatable bonds is 4. The molecule has 0 saturated carbocycles. The maximum atomic E-state index is 6.97. The summed E-state index contributed by atoms with van der Waals surface area (Å²) in [6, 6.07) is 74.7. The predicted molar refractivity (Wildman–Crippen MR) is 261 cm³/mol. The Labute approximate surface area is 373 Å². The average Bonchev–Trinajstić information content (AvgIpc) is 3.90. The van der Waals surface area contributed by atoms with Crippen LogP contribution < -0.4 is 4.74 Å². The number of hydrogen-bond donors (Lipinski definition) is 0. The molecule has 5 heteroatoms. The minimum absolute atomic E-state index is 0.566. The van der Waals surface area contributed by atoms with Crippen LogP contribution in [0.3, 0.4) is 0 Å². The number of benzene rings is 9. The summed E-state index contributed by atoms with van der Waals surface area (Å²) < 4.78 is 13.3. The van der Waals surface area contributed by atoms with Crippen molar-refractivity contribution in [3.8, 4) is 67.8 Å². The van der Waals surface area contributed by atoms with Gasteiger partial charge in [0.2, 0.25) is 0 Å². The van der Waals surface area contributed by atoms with Gasteiger partial charge in [-0.3, -0.25) is 0 Å². The number of furan rings is 1. The topological polar surface area (TPSA) is 61.0 Å². The van der Waals surface area contributed by atoms with Gasteiger partial charge >= 0.3 is 0 Å². The van der Waals surface area contributed by atoms with Gasteiger partial charge in [-0.1, -0.05) is 170 Å². The third kappa shape index (κ3) is 5.18. The van der Waals surface area contributed by atoms with Crippen molar-refractivity contribution in [1.29, 1.82) is 0 Å². The number of nitrogens with zero attached hydrogens (tertiary/aromatic N) is 3. The Kier molecular flexibility index (Phi) is 7.54. The average molecular weight is 830 g/mol. The van der Waals surface area contributed by atoms with Crippen LogP contribution in [0.15, 0.2) is 217 Å². The fourth-order valence-corrected chi connectivity index (χ4v) is 10.8. The van der Waals surface area contributed by atoms with Gasteiger partial charge in [-0.05, 0) is 70.1 Å². The summed E-state index contributed by atoms with van der Waals surface area (Å²) in [5, 5.41) is 5.36. The number of hydrogen-bond acceptors (Lipinski definition) is 5. The zero-order valence-corrected chi connectivity index (χ0v) is 34.9. The van der Waals surface area contributed by atoms with E-state index in [1.54, 1.807) is 0 Å². The maximum absolute atomic E-state index is 6.97. The van der Waals surface area contributed by atoms with Gasteiger partial charge in [0.05, 0.1) is 28.0 Å². The Balaban J connectivity index is 0.957. The van der Waals surface area contributed by atoms with E-state index in [4.69, 9.17) is 24.1 Å². The highest BCUT2D eigenvalue weighted by Crippen LogP contribution is 2.62. The Morgan fingerprint density at radius 2 is 0.985 bits per heavy atom. The molecule has 65 heavy (non-hydrogen) atoms. The molecule has 0 atom stereocenters. The molecular weight excluding hydrogens is 795 g/mol. The van der Waals surface area contributed by atoms with Gasteiger partial charge in [-0.2, -0.15) is 0 Å². The molecule has 0 N–H and O–H groups in total. The van der Waals surface area contributed by atoms with E-state index in [-0.39, 0.29) is 0 Å². The highest BCUT2D eigenvalue weighted by Gasteiger charge is 2.51. The molecule has 1 aliphatic carbocycles. The molecule has 0 amide bonds. The summed E-state index contributed by atoms with van der Waals surface area (Å²) >= 11 is 0. The fourth-order valence-electron chi connectivity index (χ4n) is 10.8. The first-order valence-corrected chi connectivity index (χ1v) is 22.0. The van der Waals surface area contributed by atoms with Crippen LogP contribution in [0.25, 0.3) is 99.9 Å². The molecule has 0 bridgehead atoms. The highest BCUT2D eigenvalue weighted by molar-refractivity contribution is 6.13. The van der Waals surface area contributed by atoms with Crippen LogP contribution in [0.4, 0.5) is 0 Å². The molecule has 0 radical (unpaired) electrons. The van der Waals surface area contributed by atoms with E-state index in [2.05, 4.69) is 170 Å². The second-order valence-corrected chi connectivity index (χ2v) is 17.0. The molecule has 2 aliphatic rings. The van der Waals surface area contributed by atoms with Crippen molar-refractivity contribution in [2.24, 2.45) is 0 Å². The molecular formula is C60H35N3O2. The van der Waals surface area contributed by atoms with E-state index in [0.717, 1.165) is 106 Å². The molecule has 5 nitrogen and oxygen atoms in total. The van der Waals surface area contributed by atoms with Gasteiger partial charge in [0.1, 0.15) is 22.7 Å². The minimum atomic E-state index is -0.566. The molecule has 1 aliphatic heterocycles. The van der Waals surface area contributed by atoms with Crippen molar-refractivity contribution >= 4 is 43.6 Å². The lowest BCUT2D eigenvalue weighted by Gasteiger charge is -2.39. The lowest BCUT2D eigenvalue weighted by atomic mass is 9.65. The first-order chi connectivity index (χ1) is 32.2. The Morgan fingerprint density at radius 3 is 1.80 bits per heavy atom. The Bertz CT molecular complexity index is 3880. The molecule has 12 aromatic rings. The summed E-state index contributed by atoms with van der Waals surface area (Å²) in [5.41, 5.74) is 15.8. The van der Waals surface area contributed by atoms with Gasteiger partial charge in [-0.25, -0.2) is 15.0 Å². The smallest absolute Gasteiger partial charge is 0.160 e. The molecule has 0 saturated heterocycles. The zero-order valence-electron chi connectivity index (χ0n) is 34.9. The second-order valence-electron chi connectivity index (χ2n) is 17.0. The first-order valence-electron chi connectivity index (χ1n) is 22.0. The Hall–Kier alpha value is -8.67. The Morgan fingerprint density at radius 1 is 0.354 bits per heavy atom. The van der Waals surface area contributed by atoms with Crippen molar-refractivity contribution in [2.45, 2.75) is 5.41 Å². The van der Waals surface area contributed by atoms with Crippen molar-refractivity contribution in [1.82, 2.24) is 15.0 Å². The summed E-state index contributed by atoms with van der Waals surface area (Å²) in [6.45, 7) is 0. The van der Waals surface area contributed by atoms with Crippen LogP contribution in [0, 0.1) is 0 Å². The summed E-state index contributed by atoms with van der Waals surface area (Å²) in [7, 11) is 0. The highest BCUT2D eigenvalue weighted by atomic mass is 16.5.